The van der Waals surface area contributed by atoms with Gasteiger partial charge in [-0.05, 0) is 13.3 Å². The summed E-state index contributed by atoms with van der Waals surface area (Å²) in [5, 5.41) is 1.35. The summed E-state index contributed by atoms with van der Waals surface area (Å²) in [5.41, 5.74) is -0.770. The van der Waals surface area contributed by atoms with E-state index in [9.17, 15) is 4.79 Å². The molecule has 0 bridgehead atoms. The van der Waals surface area contributed by atoms with E-state index in [1.807, 2.05) is 6.92 Å². The normalized spacial score (nSPS) is 15.4. The van der Waals surface area contributed by atoms with E-state index in [4.69, 9.17) is 5.84 Å². The molecule has 0 aromatic carbocycles. The number of hydrazine groups is 1. The van der Waals surface area contributed by atoms with Crippen LogP contribution in [0, 0.1) is 0 Å². The van der Waals surface area contributed by atoms with Crippen molar-refractivity contribution in [3.8, 4) is 0 Å². The van der Waals surface area contributed by atoms with E-state index in [1.54, 1.807) is 14.0 Å². The minimum atomic E-state index is -0.770. The average molecular weight is 172 g/mol. The van der Waals surface area contributed by atoms with Crippen LogP contribution in [0.15, 0.2) is 12.8 Å². The van der Waals surface area contributed by atoms with Crippen molar-refractivity contribution in [2.45, 2.75) is 25.8 Å². The van der Waals surface area contributed by atoms with Crippen molar-refractivity contribution in [1.29, 1.82) is 0 Å². The molecule has 0 saturated heterocycles. The van der Waals surface area contributed by atoms with Crippen molar-refractivity contribution in [3.63, 3.8) is 0 Å². The van der Waals surface area contributed by atoms with Gasteiger partial charge in [-0.1, -0.05) is 13.5 Å². The lowest BCUT2D eigenvalue weighted by molar-refractivity contribution is -0.151. The van der Waals surface area contributed by atoms with Crippen molar-refractivity contribution in [2.75, 3.05) is 7.05 Å². The molecule has 0 fully saturated rings. The number of carbonyl (C=O) groups is 1. The van der Waals surface area contributed by atoms with Crippen LogP contribution in [0.25, 0.3) is 0 Å². The molecule has 0 aromatic heterocycles. The Morgan fingerprint density at radius 3 is 2.58 bits per heavy atom. The Morgan fingerprint density at radius 1 is 1.83 bits per heavy atom. The predicted molar refractivity (Wildman–Crippen MR) is 46.9 cm³/mol. The van der Waals surface area contributed by atoms with Crippen LogP contribution in [0.2, 0.25) is 0 Å². The van der Waals surface area contributed by atoms with Gasteiger partial charge >= 0.3 is 5.97 Å². The molecule has 2 N–H and O–H groups in total. The third-order valence-electron chi connectivity index (χ3n) is 2.10. The summed E-state index contributed by atoms with van der Waals surface area (Å²) >= 11 is 0. The monoisotopic (exact) mass is 172 g/mol. The summed E-state index contributed by atoms with van der Waals surface area (Å²) in [5.74, 6) is 5.13. The minimum absolute atomic E-state index is 0.384. The lowest BCUT2D eigenvalue weighted by Gasteiger charge is -2.31. The van der Waals surface area contributed by atoms with Crippen molar-refractivity contribution >= 4 is 5.97 Å². The van der Waals surface area contributed by atoms with Gasteiger partial charge in [-0.2, -0.15) is 0 Å². The molecule has 4 nitrogen and oxygen atoms in total. The maximum absolute atomic E-state index is 11.3. The molecule has 70 valence electrons. The number of nitrogens with zero attached hydrogens (tertiary/aromatic N) is 1. The number of hydrogen-bond donors (Lipinski definition) is 1. The molecular weight excluding hydrogens is 156 g/mol. The summed E-state index contributed by atoms with van der Waals surface area (Å²) in [7, 11) is 1.63. The largest absolute Gasteiger partial charge is 0.434 e. The van der Waals surface area contributed by atoms with Crippen molar-refractivity contribution in [2.24, 2.45) is 5.84 Å². The number of carbonyl (C=O) groups excluding carboxylic acids is 1. The van der Waals surface area contributed by atoms with Gasteiger partial charge in [0.1, 0.15) is 5.54 Å². The highest BCUT2D eigenvalue weighted by molar-refractivity contribution is 5.80. The number of hydrogen-bond acceptors (Lipinski definition) is 4. The Morgan fingerprint density at radius 2 is 2.33 bits per heavy atom. The van der Waals surface area contributed by atoms with Crippen molar-refractivity contribution in [1.82, 2.24) is 5.01 Å². The molecule has 0 aliphatic carbocycles. The molecule has 4 heteroatoms. The number of esters is 1. The Balaban J connectivity index is 4.50. The van der Waals surface area contributed by atoms with Crippen LogP contribution >= 0.6 is 0 Å². The highest BCUT2D eigenvalue weighted by Gasteiger charge is 2.35. The Kier molecular flexibility index (Phi) is 3.92. The van der Waals surface area contributed by atoms with E-state index in [-0.39, 0.29) is 5.97 Å². The topological polar surface area (TPSA) is 55.6 Å². The van der Waals surface area contributed by atoms with Gasteiger partial charge in [0, 0.05) is 7.05 Å². The average Bonchev–Trinajstić information content (AvgIpc) is 2.03. The summed E-state index contributed by atoms with van der Waals surface area (Å²) in [6, 6.07) is 0. The Labute approximate surface area is 72.9 Å². The van der Waals surface area contributed by atoms with E-state index in [0.717, 1.165) is 6.26 Å². The van der Waals surface area contributed by atoms with E-state index in [1.165, 1.54) is 5.01 Å². The van der Waals surface area contributed by atoms with Gasteiger partial charge in [-0.15, -0.1) is 0 Å². The fourth-order valence-electron chi connectivity index (χ4n) is 0.740. The van der Waals surface area contributed by atoms with Crippen molar-refractivity contribution in [3.05, 3.63) is 12.8 Å². The molecule has 0 spiro atoms. The standard InChI is InChI=1S/C8H16N2O2/c1-5-8(3,10(4)9)7(11)12-6-2/h6H,2,5,9H2,1,3-4H3. The van der Waals surface area contributed by atoms with Crippen LogP contribution in [0.1, 0.15) is 20.3 Å². The third kappa shape index (κ3) is 2.06. The molecule has 0 aromatic rings. The summed E-state index contributed by atoms with van der Waals surface area (Å²) < 4.78 is 4.66. The van der Waals surface area contributed by atoms with Gasteiger partial charge in [-0.3, -0.25) is 5.84 Å². The summed E-state index contributed by atoms with van der Waals surface area (Å²) in [6.45, 7) is 6.90. The molecule has 0 aliphatic heterocycles. The molecule has 0 heterocycles. The van der Waals surface area contributed by atoms with Crippen LogP contribution in [0.4, 0.5) is 0 Å². The quantitative estimate of drug-likeness (QED) is 0.293. The van der Waals surface area contributed by atoms with Gasteiger partial charge in [0.25, 0.3) is 0 Å². The zero-order chi connectivity index (χ0) is 9.78. The first-order chi connectivity index (χ1) is 5.49. The molecule has 0 aliphatic rings. The van der Waals surface area contributed by atoms with Crippen LogP contribution in [0.3, 0.4) is 0 Å². The number of nitrogens with two attached hydrogens (primary N) is 1. The SMILES string of the molecule is C=COC(=O)C(C)(CC)N(C)N. The summed E-state index contributed by atoms with van der Waals surface area (Å²) in [4.78, 5) is 11.3. The Hall–Kier alpha value is -0.870. The lowest BCUT2D eigenvalue weighted by Crippen LogP contribution is -2.53. The van der Waals surface area contributed by atoms with Gasteiger partial charge in [-0.25, -0.2) is 9.80 Å². The molecule has 0 saturated carbocycles. The van der Waals surface area contributed by atoms with E-state index in [0.29, 0.717) is 6.42 Å². The van der Waals surface area contributed by atoms with Crippen LogP contribution in [-0.4, -0.2) is 23.6 Å². The van der Waals surface area contributed by atoms with Crippen LogP contribution in [0.5, 0.6) is 0 Å². The fourth-order valence-corrected chi connectivity index (χ4v) is 0.740. The van der Waals surface area contributed by atoms with E-state index >= 15 is 0 Å². The number of ether oxygens (including phenoxy) is 1. The first kappa shape index (κ1) is 11.1. The zero-order valence-electron chi connectivity index (χ0n) is 7.83. The third-order valence-corrected chi connectivity index (χ3v) is 2.10. The zero-order valence-corrected chi connectivity index (χ0v) is 7.83. The van der Waals surface area contributed by atoms with Crippen LogP contribution in [-0.2, 0) is 9.53 Å². The number of rotatable bonds is 4. The second-order valence-corrected chi connectivity index (χ2v) is 2.81. The molecular formula is C8H16N2O2. The lowest BCUT2D eigenvalue weighted by atomic mass is 9.99. The molecule has 12 heavy (non-hydrogen) atoms. The second kappa shape index (κ2) is 4.23. The molecule has 1 atom stereocenters. The molecule has 1 unspecified atom stereocenters. The minimum Gasteiger partial charge on any atom is -0.434 e. The van der Waals surface area contributed by atoms with Crippen LogP contribution < -0.4 is 5.84 Å². The first-order valence-electron chi connectivity index (χ1n) is 3.79. The molecule has 0 radical (unpaired) electrons. The molecule has 0 rings (SSSR count). The van der Waals surface area contributed by atoms with Gasteiger partial charge in [0.2, 0.25) is 0 Å². The highest BCUT2D eigenvalue weighted by atomic mass is 16.5. The number of likely N-dealkylation sites (N-methyl/N-ethyl adjacent to an activating group) is 1. The smallest absolute Gasteiger partial charge is 0.332 e. The maximum Gasteiger partial charge on any atom is 0.332 e. The fraction of sp³-hybridized carbons (Fsp3) is 0.625. The van der Waals surface area contributed by atoms with E-state index in [2.05, 4.69) is 11.3 Å². The van der Waals surface area contributed by atoms with Gasteiger partial charge in [0.05, 0.1) is 6.26 Å². The second-order valence-electron chi connectivity index (χ2n) is 2.81. The van der Waals surface area contributed by atoms with Gasteiger partial charge < -0.3 is 4.74 Å². The maximum atomic E-state index is 11.3. The first-order valence-corrected chi connectivity index (χ1v) is 3.79. The van der Waals surface area contributed by atoms with E-state index < -0.39 is 5.54 Å². The summed E-state index contributed by atoms with van der Waals surface area (Å²) in [6.07, 6.45) is 1.70. The highest BCUT2D eigenvalue weighted by Crippen LogP contribution is 2.16. The predicted octanol–water partition coefficient (Wildman–Crippen LogP) is 0.647. The Bertz CT molecular complexity index is 180. The van der Waals surface area contributed by atoms with Gasteiger partial charge in [0.15, 0.2) is 0 Å². The molecule has 0 amide bonds. The van der Waals surface area contributed by atoms with Crippen molar-refractivity contribution < 1.29 is 9.53 Å².